The van der Waals surface area contributed by atoms with Crippen molar-refractivity contribution in [3.05, 3.63) is 58.9 Å². The van der Waals surface area contributed by atoms with Gasteiger partial charge in [-0.2, -0.15) is 0 Å². The molecule has 0 spiro atoms. The topological polar surface area (TPSA) is 30.5 Å². The number of ether oxygens (including phenoxy) is 2. The Morgan fingerprint density at radius 3 is 2.33 bits per heavy atom. The molecule has 0 saturated heterocycles. The molecular formula is C17H20FNO2. The molecule has 0 bridgehead atoms. The zero-order valence-electron chi connectivity index (χ0n) is 12.7. The molecule has 2 aromatic rings. The number of hydrogen-bond donors (Lipinski definition) is 1. The molecule has 112 valence electrons. The van der Waals surface area contributed by atoms with Crippen LogP contribution in [0.2, 0.25) is 0 Å². The molecule has 1 N–H and O–H groups in total. The molecule has 4 heteroatoms. The van der Waals surface area contributed by atoms with Gasteiger partial charge in [0.25, 0.3) is 0 Å². The molecule has 2 rings (SSSR count). The van der Waals surface area contributed by atoms with Crippen LogP contribution in [0.4, 0.5) is 4.39 Å². The summed E-state index contributed by atoms with van der Waals surface area (Å²) in [4.78, 5) is 0. The Hall–Kier alpha value is -2.07. The fraction of sp³-hybridized carbons (Fsp3) is 0.294. The molecule has 0 heterocycles. The first-order chi connectivity index (χ1) is 10.1. The van der Waals surface area contributed by atoms with Gasteiger partial charge in [-0.25, -0.2) is 4.39 Å². The fourth-order valence-electron chi connectivity index (χ4n) is 2.51. The zero-order chi connectivity index (χ0) is 15.4. The first kappa shape index (κ1) is 15.3. The quantitative estimate of drug-likeness (QED) is 0.914. The van der Waals surface area contributed by atoms with Gasteiger partial charge in [0.1, 0.15) is 17.3 Å². The van der Waals surface area contributed by atoms with E-state index in [4.69, 9.17) is 9.47 Å². The first-order valence-corrected chi connectivity index (χ1v) is 6.76. The van der Waals surface area contributed by atoms with E-state index in [-0.39, 0.29) is 11.9 Å². The molecule has 1 unspecified atom stereocenters. The van der Waals surface area contributed by atoms with Crippen molar-refractivity contribution >= 4 is 0 Å². The van der Waals surface area contributed by atoms with Crippen LogP contribution in [0, 0.1) is 12.7 Å². The second kappa shape index (κ2) is 6.59. The zero-order valence-corrected chi connectivity index (χ0v) is 12.7. The van der Waals surface area contributed by atoms with Gasteiger partial charge in [-0.3, -0.25) is 0 Å². The average Bonchev–Trinajstić information content (AvgIpc) is 2.49. The van der Waals surface area contributed by atoms with E-state index in [0.717, 1.165) is 28.2 Å². The van der Waals surface area contributed by atoms with Crippen molar-refractivity contribution in [1.29, 1.82) is 0 Å². The van der Waals surface area contributed by atoms with Crippen LogP contribution in [0.25, 0.3) is 0 Å². The summed E-state index contributed by atoms with van der Waals surface area (Å²) in [5.41, 5.74) is 2.85. The molecular weight excluding hydrogens is 269 g/mol. The van der Waals surface area contributed by atoms with Crippen LogP contribution in [-0.4, -0.2) is 21.3 Å². The van der Waals surface area contributed by atoms with Crippen LogP contribution in [0.1, 0.15) is 22.7 Å². The van der Waals surface area contributed by atoms with E-state index in [1.54, 1.807) is 20.3 Å². The molecule has 0 amide bonds. The number of hydrogen-bond acceptors (Lipinski definition) is 3. The SMILES string of the molecule is CNC(c1ccc(F)cc1C)c1cc(OC)ccc1OC. The molecule has 1 atom stereocenters. The summed E-state index contributed by atoms with van der Waals surface area (Å²) in [5, 5.41) is 3.26. The number of nitrogens with one attached hydrogen (secondary N) is 1. The Morgan fingerprint density at radius 2 is 1.76 bits per heavy atom. The van der Waals surface area contributed by atoms with Gasteiger partial charge in [-0.05, 0) is 55.4 Å². The summed E-state index contributed by atoms with van der Waals surface area (Å²) in [7, 11) is 5.13. The maximum absolute atomic E-state index is 13.3. The second-order valence-electron chi connectivity index (χ2n) is 4.83. The van der Waals surface area contributed by atoms with Crippen LogP contribution in [0.15, 0.2) is 36.4 Å². The average molecular weight is 289 g/mol. The summed E-state index contributed by atoms with van der Waals surface area (Å²) >= 11 is 0. The van der Waals surface area contributed by atoms with Crippen molar-refractivity contribution in [1.82, 2.24) is 5.32 Å². The molecule has 0 aliphatic heterocycles. The Morgan fingerprint density at radius 1 is 1.00 bits per heavy atom. The Bertz CT molecular complexity index is 628. The highest BCUT2D eigenvalue weighted by molar-refractivity contribution is 5.47. The normalized spacial score (nSPS) is 12.0. The summed E-state index contributed by atoms with van der Waals surface area (Å²) in [6, 6.07) is 10.4. The summed E-state index contributed by atoms with van der Waals surface area (Å²) in [5.74, 6) is 1.29. The lowest BCUT2D eigenvalue weighted by Crippen LogP contribution is -2.19. The van der Waals surface area contributed by atoms with Crippen molar-refractivity contribution in [2.75, 3.05) is 21.3 Å². The summed E-state index contributed by atoms with van der Waals surface area (Å²) < 4.78 is 24.1. The van der Waals surface area contributed by atoms with E-state index >= 15 is 0 Å². The Kier molecular flexibility index (Phi) is 4.81. The van der Waals surface area contributed by atoms with Gasteiger partial charge in [-0.15, -0.1) is 0 Å². The molecule has 0 aliphatic rings. The molecule has 2 aromatic carbocycles. The number of halogens is 1. The molecule has 0 fully saturated rings. The second-order valence-corrected chi connectivity index (χ2v) is 4.83. The lowest BCUT2D eigenvalue weighted by atomic mass is 9.94. The van der Waals surface area contributed by atoms with Crippen LogP contribution in [0.5, 0.6) is 11.5 Å². The largest absolute Gasteiger partial charge is 0.497 e. The number of aryl methyl sites for hydroxylation is 1. The van der Waals surface area contributed by atoms with Gasteiger partial charge in [0.2, 0.25) is 0 Å². The van der Waals surface area contributed by atoms with Crippen molar-refractivity contribution in [2.45, 2.75) is 13.0 Å². The Balaban J connectivity index is 2.54. The van der Waals surface area contributed by atoms with Gasteiger partial charge in [0.05, 0.1) is 20.3 Å². The third-order valence-corrected chi connectivity index (χ3v) is 3.58. The van der Waals surface area contributed by atoms with Crippen LogP contribution < -0.4 is 14.8 Å². The van der Waals surface area contributed by atoms with Crippen molar-refractivity contribution in [3.8, 4) is 11.5 Å². The van der Waals surface area contributed by atoms with Gasteiger partial charge in [0, 0.05) is 5.56 Å². The lowest BCUT2D eigenvalue weighted by molar-refractivity contribution is 0.395. The van der Waals surface area contributed by atoms with Crippen LogP contribution in [-0.2, 0) is 0 Å². The van der Waals surface area contributed by atoms with Crippen molar-refractivity contribution in [3.63, 3.8) is 0 Å². The standard InChI is InChI=1S/C17H20FNO2/c1-11-9-12(18)5-7-14(11)17(19-2)15-10-13(20-3)6-8-16(15)21-4/h5-10,17,19H,1-4H3. The third kappa shape index (κ3) is 3.16. The lowest BCUT2D eigenvalue weighted by Gasteiger charge is -2.22. The van der Waals surface area contributed by atoms with Gasteiger partial charge in [-0.1, -0.05) is 6.07 Å². The van der Waals surface area contributed by atoms with Gasteiger partial charge in [0.15, 0.2) is 0 Å². The Labute approximate surface area is 124 Å². The third-order valence-electron chi connectivity index (χ3n) is 3.58. The van der Waals surface area contributed by atoms with E-state index in [1.165, 1.54) is 12.1 Å². The molecule has 3 nitrogen and oxygen atoms in total. The number of rotatable bonds is 5. The minimum Gasteiger partial charge on any atom is -0.497 e. The number of benzene rings is 2. The van der Waals surface area contributed by atoms with Gasteiger partial charge >= 0.3 is 0 Å². The summed E-state index contributed by atoms with van der Waals surface area (Å²) in [6.07, 6.45) is 0. The van der Waals surface area contributed by atoms with Crippen molar-refractivity contribution in [2.24, 2.45) is 0 Å². The molecule has 0 saturated carbocycles. The monoisotopic (exact) mass is 289 g/mol. The van der Waals surface area contributed by atoms with Crippen LogP contribution in [0.3, 0.4) is 0 Å². The molecule has 0 aliphatic carbocycles. The van der Waals surface area contributed by atoms with E-state index in [2.05, 4.69) is 5.32 Å². The highest BCUT2D eigenvalue weighted by Crippen LogP contribution is 2.34. The van der Waals surface area contributed by atoms with E-state index < -0.39 is 0 Å². The van der Waals surface area contributed by atoms with Crippen LogP contribution >= 0.6 is 0 Å². The van der Waals surface area contributed by atoms with Crippen molar-refractivity contribution < 1.29 is 13.9 Å². The predicted octanol–water partition coefficient (Wildman–Crippen LogP) is 3.46. The highest BCUT2D eigenvalue weighted by atomic mass is 19.1. The van der Waals surface area contributed by atoms with Gasteiger partial charge < -0.3 is 14.8 Å². The molecule has 0 aromatic heterocycles. The van der Waals surface area contributed by atoms with E-state index in [1.807, 2.05) is 32.2 Å². The molecule has 21 heavy (non-hydrogen) atoms. The fourth-order valence-corrected chi connectivity index (χ4v) is 2.51. The molecule has 0 radical (unpaired) electrons. The minimum atomic E-state index is -0.233. The maximum Gasteiger partial charge on any atom is 0.124 e. The maximum atomic E-state index is 13.3. The number of methoxy groups -OCH3 is 2. The predicted molar refractivity (Wildman–Crippen MR) is 81.6 cm³/mol. The first-order valence-electron chi connectivity index (χ1n) is 6.76. The van der Waals surface area contributed by atoms with E-state index in [9.17, 15) is 4.39 Å². The highest BCUT2D eigenvalue weighted by Gasteiger charge is 2.19. The van der Waals surface area contributed by atoms with E-state index in [0.29, 0.717) is 0 Å². The smallest absolute Gasteiger partial charge is 0.124 e. The summed E-state index contributed by atoms with van der Waals surface area (Å²) in [6.45, 7) is 1.90. The minimum absolute atomic E-state index is 0.101.